The zero-order valence-corrected chi connectivity index (χ0v) is 11.6. The van der Waals surface area contributed by atoms with Crippen LogP contribution in [-0.2, 0) is 18.3 Å². The lowest BCUT2D eigenvalue weighted by Gasteiger charge is -2.24. The summed E-state index contributed by atoms with van der Waals surface area (Å²) >= 11 is 0. The van der Waals surface area contributed by atoms with Crippen molar-refractivity contribution < 1.29 is 4.79 Å². The molecule has 0 bridgehead atoms. The number of carbonyl (C=O) groups is 1. The van der Waals surface area contributed by atoms with Gasteiger partial charge in [-0.1, -0.05) is 20.3 Å². The highest BCUT2D eigenvalue weighted by atomic mass is 16.2. The lowest BCUT2D eigenvalue weighted by molar-refractivity contribution is -0.124. The van der Waals surface area contributed by atoms with Gasteiger partial charge in [-0.2, -0.15) is 5.10 Å². The van der Waals surface area contributed by atoms with E-state index in [-0.39, 0.29) is 11.3 Å². The summed E-state index contributed by atoms with van der Waals surface area (Å²) in [5.41, 5.74) is 1.47. The summed E-state index contributed by atoms with van der Waals surface area (Å²) in [6.07, 6.45) is 2.72. The highest BCUT2D eigenvalue weighted by Crippen LogP contribution is 2.34. The van der Waals surface area contributed by atoms with E-state index >= 15 is 0 Å². The molecule has 5 nitrogen and oxygen atoms in total. The first-order valence-corrected chi connectivity index (χ1v) is 6.63. The molecule has 1 atom stereocenters. The fraction of sp³-hybridized carbons (Fsp3) is 0.692. The van der Waals surface area contributed by atoms with Gasteiger partial charge in [-0.05, 0) is 19.8 Å². The van der Waals surface area contributed by atoms with E-state index < -0.39 is 0 Å². The number of hydrogen-bond acceptors (Lipinski definition) is 3. The van der Waals surface area contributed by atoms with Gasteiger partial charge in [-0.3, -0.25) is 9.48 Å². The summed E-state index contributed by atoms with van der Waals surface area (Å²) in [4.78, 5) is 12.3. The second-order valence-electron chi connectivity index (χ2n) is 5.27. The molecule has 0 saturated carbocycles. The molecule has 1 amide bonds. The van der Waals surface area contributed by atoms with Crippen LogP contribution < -0.4 is 10.6 Å². The lowest BCUT2D eigenvalue weighted by atomic mass is 9.86. The third kappa shape index (κ3) is 1.98. The summed E-state index contributed by atoms with van der Waals surface area (Å²) in [6, 6.07) is 0. The summed E-state index contributed by atoms with van der Waals surface area (Å²) in [5.74, 6) is 1.01. The third-order valence-electron chi connectivity index (χ3n) is 3.82. The smallest absolute Gasteiger partial charge is 0.232 e. The average Bonchev–Trinajstić information content (AvgIpc) is 2.54. The number of fused-ring (bicyclic) bond motifs is 1. The molecule has 0 fully saturated rings. The zero-order chi connectivity index (χ0) is 13.3. The Morgan fingerprint density at radius 1 is 1.44 bits per heavy atom. The SMILES string of the molecule is CCCc1nn(C)c2c1NC(=O)C(C)(CC)CN2. The molecule has 0 spiro atoms. The molecule has 100 valence electrons. The molecule has 2 rings (SSSR count). The van der Waals surface area contributed by atoms with Crippen molar-refractivity contribution >= 4 is 17.4 Å². The Bertz CT molecular complexity index is 466. The van der Waals surface area contributed by atoms with Crippen molar-refractivity contribution in [1.29, 1.82) is 0 Å². The summed E-state index contributed by atoms with van der Waals surface area (Å²) in [7, 11) is 1.91. The zero-order valence-electron chi connectivity index (χ0n) is 11.6. The third-order valence-corrected chi connectivity index (χ3v) is 3.82. The molecule has 18 heavy (non-hydrogen) atoms. The van der Waals surface area contributed by atoms with Gasteiger partial charge in [-0.25, -0.2) is 0 Å². The Balaban J connectivity index is 2.39. The van der Waals surface area contributed by atoms with Gasteiger partial charge in [-0.15, -0.1) is 0 Å². The van der Waals surface area contributed by atoms with E-state index in [9.17, 15) is 4.79 Å². The van der Waals surface area contributed by atoms with E-state index in [1.54, 1.807) is 0 Å². The molecule has 0 aromatic carbocycles. The van der Waals surface area contributed by atoms with Gasteiger partial charge >= 0.3 is 0 Å². The maximum Gasteiger partial charge on any atom is 0.232 e. The van der Waals surface area contributed by atoms with Crippen molar-refractivity contribution in [2.24, 2.45) is 12.5 Å². The molecular weight excluding hydrogens is 228 g/mol. The van der Waals surface area contributed by atoms with Crippen LogP contribution >= 0.6 is 0 Å². The van der Waals surface area contributed by atoms with E-state index in [0.717, 1.165) is 36.5 Å². The Labute approximate surface area is 108 Å². The highest BCUT2D eigenvalue weighted by molar-refractivity contribution is 5.99. The van der Waals surface area contributed by atoms with Crippen LogP contribution in [0.5, 0.6) is 0 Å². The van der Waals surface area contributed by atoms with Crippen LogP contribution in [0.2, 0.25) is 0 Å². The number of nitrogens with one attached hydrogen (secondary N) is 2. The van der Waals surface area contributed by atoms with E-state index in [1.165, 1.54) is 0 Å². The second-order valence-corrected chi connectivity index (χ2v) is 5.27. The first-order valence-electron chi connectivity index (χ1n) is 6.63. The molecule has 1 unspecified atom stereocenters. The predicted molar refractivity (Wildman–Crippen MR) is 72.7 cm³/mol. The number of amides is 1. The normalized spacial score (nSPS) is 23.0. The van der Waals surface area contributed by atoms with Gasteiger partial charge in [0.05, 0.1) is 11.1 Å². The Morgan fingerprint density at radius 2 is 2.17 bits per heavy atom. The van der Waals surface area contributed by atoms with Crippen LogP contribution in [0.25, 0.3) is 0 Å². The minimum Gasteiger partial charge on any atom is -0.367 e. The van der Waals surface area contributed by atoms with Gasteiger partial charge in [0.1, 0.15) is 11.5 Å². The van der Waals surface area contributed by atoms with Crippen LogP contribution in [0.4, 0.5) is 11.5 Å². The van der Waals surface area contributed by atoms with Gasteiger partial charge < -0.3 is 10.6 Å². The molecule has 5 heteroatoms. The minimum atomic E-state index is -0.359. The molecule has 1 aliphatic rings. The van der Waals surface area contributed by atoms with Crippen molar-refractivity contribution in [2.45, 2.75) is 40.0 Å². The number of aryl methyl sites for hydroxylation is 2. The average molecular weight is 250 g/mol. The molecule has 2 heterocycles. The van der Waals surface area contributed by atoms with Crippen molar-refractivity contribution in [1.82, 2.24) is 9.78 Å². The summed E-state index contributed by atoms with van der Waals surface area (Å²) in [6.45, 7) is 6.80. The topological polar surface area (TPSA) is 59.0 Å². The maximum absolute atomic E-state index is 12.3. The van der Waals surface area contributed by atoms with Crippen molar-refractivity contribution in [3.05, 3.63) is 5.69 Å². The molecule has 0 saturated heterocycles. The standard InChI is InChI=1S/C13H22N4O/c1-5-7-9-10-11(17(4)16-9)14-8-13(3,6-2)12(18)15-10/h14H,5-8H2,1-4H3,(H,15,18). The van der Waals surface area contributed by atoms with Crippen LogP contribution in [0, 0.1) is 5.41 Å². The molecule has 1 aromatic heterocycles. The first kappa shape index (κ1) is 12.9. The second kappa shape index (κ2) is 4.63. The maximum atomic E-state index is 12.3. The van der Waals surface area contributed by atoms with Crippen molar-refractivity contribution in [2.75, 3.05) is 17.2 Å². The fourth-order valence-electron chi connectivity index (χ4n) is 2.23. The van der Waals surface area contributed by atoms with Crippen LogP contribution in [0.1, 0.15) is 39.3 Å². The molecular formula is C13H22N4O. The summed E-state index contributed by atoms with van der Waals surface area (Å²) in [5, 5.41) is 10.9. The monoisotopic (exact) mass is 250 g/mol. The highest BCUT2D eigenvalue weighted by Gasteiger charge is 2.36. The predicted octanol–water partition coefficient (Wildman–Crippen LogP) is 2.15. The largest absolute Gasteiger partial charge is 0.367 e. The number of hydrogen-bond donors (Lipinski definition) is 2. The van der Waals surface area contributed by atoms with Crippen LogP contribution in [0.3, 0.4) is 0 Å². The first-order chi connectivity index (χ1) is 8.51. The molecule has 2 N–H and O–H groups in total. The van der Waals surface area contributed by atoms with Crippen LogP contribution in [0.15, 0.2) is 0 Å². The quantitative estimate of drug-likeness (QED) is 0.864. The van der Waals surface area contributed by atoms with E-state index in [4.69, 9.17) is 0 Å². The summed E-state index contributed by atoms with van der Waals surface area (Å²) < 4.78 is 1.82. The van der Waals surface area contributed by atoms with Gasteiger partial charge in [0.25, 0.3) is 0 Å². The van der Waals surface area contributed by atoms with Crippen molar-refractivity contribution in [3.8, 4) is 0 Å². The van der Waals surface area contributed by atoms with Gasteiger partial charge in [0.15, 0.2) is 0 Å². The van der Waals surface area contributed by atoms with E-state index in [1.807, 2.05) is 25.6 Å². The molecule has 0 radical (unpaired) electrons. The number of anilines is 2. The van der Waals surface area contributed by atoms with Crippen molar-refractivity contribution in [3.63, 3.8) is 0 Å². The minimum absolute atomic E-state index is 0.0848. The van der Waals surface area contributed by atoms with E-state index in [2.05, 4.69) is 22.7 Å². The lowest BCUT2D eigenvalue weighted by Crippen LogP contribution is -2.37. The van der Waals surface area contributed by atoms with Gasteiger partial charge in [0.2, 0.25) is 5.91 Å². The number of nitrogens with zero attached hydrogens (tertiary/aromatic N) is 2. The van der Waals surface area contributed by atoms with Crippen LogP contribution in [-0.4, -0.2) is 22.2 Å². The Hall–Kier alpha value is -1.52. The Morgan fingerprint density at radius 3 is 2.78 bits per heavy atom. The molecule has 1 aliphatic heterocycles. The van der Waals surface area contributed by atoms with Gasteiger partial charge in [0, 0.05) is 13.6 Å². The molecule has 1 aromatic rings. The Kier molecular flexibility index (Phi) is 3.32. The molecule has 0 aliphatic carbocycles. The fourth-order valence-corrected chi connectivity index (χ4v) is 2.23. The number of carbonyl (C=O) groups excluding carboxylic acids is 1. The van der Waals surface area contributed by atoms with E-state index in [0.29, 0.717) is 6.54 Å². The number of aromatic nitrogens is 2. The number of rotatable bonds is 3.